The first kappa shape index (κ1) is 9.21. The molecule has 3 nitrogen and oxygen atoms in total. The Balaban J connectivity index is 2.25. The SMILES string of the molecule is Cn1ncc(Br)c1C1CCC(O)C1. The average molecular weight is 245 g/mol. The van der Waals surface area contributed by atoms with Crippen LogP contribution in [-0.4, -0.2) is 21.0 Å². The van der Waals surface area contributed by atoms with Crippen LogP contribution in [0.15, 0.2) is 10.7 Å². The average Bonchev–Trinajstić information content (AvgIpc) is 2.60. The minimum Gasteiger partial charge on any atom is -0.393 e. The first-order chi connectivity index (χ1) is 6.18. The zero-order valence-corrected chi connectivity index (χ0v) is 9.16. The van der Waals surface area contributed by atoms with E-state index in [1.165, 1.54) is 5.69 Å². The highest BCUT2D eigenvalue weighted by Crippen LogP contribution is 2.37. The van der Waals surface area contributed by atoms with E-state index in [4.69, 9.17) is 0 Å². The number of rotatable bonds is 1. The molecule has 2 atom stereocenters. The monoisotopic (exact) mass is 244 g/mol. The van der Waals surface area contributed by atoms with Gasteiger partial charge in [0, 0.05) is 13.0 Å². The fraction of sp³-hybridized carbons (Fsp3) is 0.667. The van der Waals surface area contributed by atoms with Gasteiger partial charge >= 0.3 is 0 Å². The van der Waals surface area contributed by atoms with Crippen molar-refractivity contribution in [3.63, 3.8) is 0 Å². The molecule has 1 aliphatic rings. The zero-order valence-electron chi connectivity index (χ0n) is 7.57. The Morgan fingerprint density at radius 3 is 2.85 bits per heavy atom. The van der Waals surface area contributed by atoms with E-state index in [-0.39, 0.29) is 6.10 Å². The minimum absolute atomic E-state index is 0.119. The maximum absolute atomic E-state index is 9.44. The predicted octanol–water partition coefficient (Wildman–Crippen LogP) is 1.81. The van der Waals surface area contributed by atoms with Gasteiger partial charge in [-0.15, -0.1) is 0 Å². The highest BCUT2D eigenvalue weighted by atomic mass is 79.9. The Hall–Kier alpha value is -0.350. The summed E-state index contributed by atoms with van der Waals surface area (Å²) >= 11 is 3.48. The number of aromatic nitrogens is 2. The molecule has 0 aliphatic heterocycles. The molecule has 1 aromatic rings. The fourth-order valence-electron chi connectivity index (χ4n) is 2.09. The first-order valence-electron chi connectivity index (χ1n) is 4.54. The van der Waals surface area contributed by atoms with E-state index in [2.05, 4.69) is 21.0 Å². The van der Waals surface area contributed by atoms with E-state index in [1.807, 2.05) is 17.9 Å². The topological polar surface area (TPSA) is 38.0 Å². The normalized spacial score (nSPS) is 28.2. The van der Waals surface area contributed by atoms with Crippen molar-refractivity contribution in [2.45, 2.75) is 31.3 Å². The molecule has 0 aromatic carbocycles. The third-order valence-corrected chi connectivity index (χ3v) is 3.34. The molecule has 0 saturated heterocycles. The van der Waals surface area contributed by atoms with Crippen molar-refractivity contribution < 1.29 is 5.11 Å². The Labute approximate surface area is 85.9 Å². The van der Waals surface area contributed by atoms with Gasteiger partial charge in [0.05, 0.1) is 22.5 Å². The van der Waals surface area contributed by atoms with Gasteiger partial charge in [0.2, 0.25) is 0 Å². The van der Waals surface area contributed by atoms with Gasteiger partial charge in [-0.3, -0.25) is 4.68 Å². The Morgan fingerprint density at radius 2 is 2.38 bits per heavy atom. The van der Waals surface area contributed by atoms with Gasteiger partial charge in [-0.1, -0.05) is 0 Å². The molecule has 1 N–H and O–H groups in total. The highest BCUT2D eigenvalue weighted by molar-refractivity contribution is 9.10. The number of aryl methyl sites for hydroxylation is 1. The maximum atomic E-state index is 9.44. The van der Waals surface area contributed by atoms with Crippen molar-refractivity contribution in [2.75, 3.05) is 0 Å². The molecule has 1 heterocycles. The van der Waals surface area contributed by atoms with Crippen molar-refractivity contribution in [2.24, 2.45) is 7.05 Å². The molecule has 2 rings (SSSR count). The maximum Gasteiger partial charge on any atom is 0.0635 e. The molecule has 0 amide bonds. The van der Waals surface area contributed by atoms with E-state index in [1.54, 1.807) is 0 Å². The molecular formula is C9H13BrN2O. The Morgan fingerprint density at radius 1 is 1.62 bits per heavy atom. The smallest absolute Gasteiger partial charge is 0.0635 e. The van der Waals surface area contributed by atoms with Crippen molar-refractivity contribution in [3.8, 4) is 0 Å². The summed E-state index contributed by atoms with van der Waals surface area (Å²) < 4.78 is 2.96. The van der Waals surface area contributed by atoms with Crippen LogP contribution in [0.4, 0.5) is 0 Å². The number of halogens is 1. The molecule has 4 heteroatoms. The van der Waals surface area contributed by atoms with Gasteiger partial charge < -0.3 is 5.11 Å². The van der Waals surface area contributed by atoms with Gasteiger partial charge in [-0.05, 0) is 35.2 Å². The number of aliphatic hydroxyl groups excluding tert-OH is 1. The van der Waals surface area contributed by atoms with Gasteiger partial charge in [0.1, 0.15) is 0 Å². The van der Waals surface area contributed by atoms with E-state index in [0.717, 1.165) is 23.7 Å². The molecule has 0 spiro atoms. The number of aliphatic hydroxyl groups is 1. The third-order valence-electron chi connectivity index (χ3n) is 2.73. The molecule has 1 aliphatic carbocycles. The van der Waals surface area contributed by atoms with Crippen LogP contribution >= 0.6 is 15.9 Å². The molecule has 0 radical (unpaired) electrons. The number of hydrogen-bond acceptors (Lipinski definition) is 2. The lowest BCUT2D eigenvalue weighted by Gasteiger charge is -2.10. The van der Waals surface area contributed by atoms with Crippen molar-refractivity contribution >= 4 is 15.9 Å². The lowest BCUT2D eigenvalue weighted by molar-refractivity contribution is 0.181. The van der Waals surface area contributed by atoms with Crippen molar-refractivity contribution in [1.29, 1.82) is 0 Å². The van der Waals surface area contributed by atoms with Crippen LogP contribution in [0.5, 0.6) is 0 Å². The Bertz CT molecular complexity index is 291. The van der Waals surface area contributed by atoms with E-state index in [9.17, 15) is 5.11 Å². The second-order valence-corrected chi connectivity index (χ2v) is 4.52. The van der Waals surface area contributed by atoms with Crippen molar-refractivity contribution in [1.82, 2.24) is 9.78 Å². The van der Waals surface area contributed by atoms with Gasteiger partial charge in [-0.2, -0.15) is 5.10 Å². The molecule has 1 aromatic heterocycles. The molecule has 1 fully saturated rings. The van der Waals surface area contributed by atoms with Crippen LogP contribution in [0.3, 0.4) is 0 Å². The lowest BCUT2D eigenvalue weighted by atomic mass is 10.0. The van der Waals surface area contributed by atoms with E-state index < -0.39 is 0 Å². The van der Waals surface area contributed by atoms with Crippen molar-refractivity contribution in [3.05, 3.63) is 16.4 Å². The summed E-state index contributed by atoms with van der Waals surface area (Å²) in [6, 6.07) is 0. The first-order valence-corrected chi connectivity index (χ1v) is 5.33. The van der Waals surface area contributed by atoms with Crippen LogP contribution in [0, 0.1) is 0 Å². The molecule has 72 valence electrons. The number of nitrogens with zero attached hydrogens (tertiary/aromatic N) is 2. The molecular weight excluding hydrogens is 232 g/mol. The zero-order chi connectivity index (χ0) is 9.42. The summed E-state index contributed by atoms with van der Waals surface area (Å²) in [5.41, 5.74) is 1.22. The summed E-state index contributed by atoms with van der Waals surface area (Å²) in [5, 5.41) is 13.6. The lowest BCUT2D eigenvalue weighted by Crippen LogP contribution is -2.05. The van der Waals surface area contributed by atoms with Gasteiger partial charge in [0.15, 0.2) is 0 Å². The molecule has 13 heavy (non-hydrogen) atoms. The van der Waals surface area contributed by atoms with Crippen LogP contribution in [-0.2, 0) is 7.05 Å². The van der Waals surface area contributed by atoms with Crippen LogP contribution in [0.2, 0.25) is 0 Å². The molecule has 0 bridgehead atoms. The predicted molar refractivity (Wildman–Crippen MR) is 53.5 cm³/mol. The third kappa shape index (κ3) is 1.65. The van der Waals surface area contributed by atoms with Crippen LogP contribution in [0.1, 0.15) is 30.9 Å². The Kier molecular flexibility index (Phi) is 2.43. The minimum atomic E-state index is -0.119. The second-order valence-electron chi connectivity index (χ2n) is 3.67. The van der Waals surface area contributed by atoms with Gasteiger partial charge in [-0.25, -0.2) is 0 Å². The molecule has 1 saturated carbocycles. The summed E-state index contributed by atoms with van der Waals surface area (Å²) in [7, 11) is 1.95. The summed E-state index contributed by atoms with van der Waals surface area (Å²) in [4.78, 5) is 0. The quantitative estimate of drug-likeness (QED) is 0.819. The second kappa shape index (κ2) is 3.42. The standard InChI is InChI=1S/C9H13BrN2O/c1-12-9(8(10)5-11-12)6-2-3-7(13)4-6/h5-7,13H,2-4H2,1H3. The highest BCUT2D eigenvalue weighted by Gasteiger charge is 2.27. The summed E-state index contributed by atoms with van der Waals surface area (Å²) in [6.45, 7) is 0. The number of hydrogen-bond donors (Lipinski definition) is 1. The van der Waals surface area contributed by atoms with Crippen LogP contribution in [0.25, 0.3) is 0 Å². The van der Waals surface area contributed by atoms with E-state index >= 15 is 0 Å². The van der Waals surface area contributed by atoms with Gasteiger partial charge in [0.25, 0.3) is 0 Å². The largest absolute Gasteiger partial charge is 0.393 e. The fourth-order valence-corrected chi connectivity index (χ4v) is 2.76. The van der Waals surface area contributed by atoms with Crippen LogP contribution < -0.4 is 0 Å². The van der Waals surface area contributed by atoms with E-state index in [0.29, 0.717) is 5.92 Å². The molecule has 2 unspecified atom stereocenters. The summed E-state index contributed by atoms with van der Waals surface area (Å²) in [6.07, 6.45) is 4.56. The summed E-state index contributed by atoms with van der Waals surface area (Å²) in [5.74, 6) is 0.469.